The maximum absolute atomic E-state index is 11.1. The molecule has 1 aromatic rings. The van der Waals surface area contributed by atoms with Crippen LogP contribution in [0.25, 0.3) is 0 Å². The van der Waals surface area contributed by atoms with Crippen LogP contribution in [0.2, 0.25) is 0 Å². The molecule has 0 radical (unpaired) electrons. The number of nitrogens with one attached hydrogen (secondary N) is 1. The van der Waals surface area contributed by atoms with E-state index < -0.39 is 0 Å². The van der Waals surface area contributed by atoms with Crippen molar-refractivity contribution >= 4 is 5.91 Å². The van der Waals surface area contributed by atoms with Gasteiger partial charge in [-0.2, -0.15) is 0 Å². The summed E-state index contributed by atoms with van der Waals surface area (Å²) in [6.07, 6.45) is 0. The van der Waals surface area contributed by atoms with Gasteiger partial charge in [-0.1, -0.05) is 0 Å². The highest BCUT2D eigenvalue weighted by Crippen LogP contribution is 2.20. The minimum absolute atomic E-state index is 0.0132. The summed E-state index contributed by atoms with van der Waals surface area (Å²) in [5.74, 6) is 0.358. The number of hydrogen-bond donors (Lipinski definition) is 2. The third-order valence-electron chi connectivity index (χ3n) is 2.28. The van der Waals surface area contributed by atoms with E-state index in [2.05, 4.69) is 10.3 Å². The Morgan fingerprint density at radius 3 is 2.81 bits per heavy atom. The summed E-state index contributed by atoms with van der Waals surface area (Å²) in [6, 6.07) is 1.95. The second-order valence-corrected chi connectivity index (χ2v) is 3.55. The molecule has 1 heterocycles. The summed E-state index contributed by atoms with van der Waals surface area (Å²) in [6.45, 7) is 4.23. The van der Waals surface area contributed by atoms with Crippen LogP contribution in [0.4, 0.5) is 0 Å². The Balaban J connectivity index is 2.89. The van der Waals surface area contributed by atoms with Gasteiger partial charge in [0.25, 0.3) is 0 Å². The Labute approximate surface area is 95.0 Å². The number of ether oxygens (including phenoxy) is 1. The van der Waals surface area contributed by atoms with Crippen LogP contribution >= 0.6 is 0 Å². The number of carbonyl (C=O) groups is 1. The van der Waals surface area contributed by atoms with Gasteiger partial charge < -0.3 is 15.8 Å². The van der Waals surface area contributed by atoms with Gasteiger partial charge in [-0.05, 0) is 25.5 Å². The second kappa shape index (κ2) is 5.46. The predicted octanol–water partition coefficient (Wildman–Crippen LogP) is 0.282. The van der Waals surface area contributed by atoms with Gasteiger partial charge in [-0.3, -0.25) is 4.79 Å². The molecule has 0 bridgehead atoms. The van der Waals surface area contributed by atoms with E-state index >= 15 is 0 Å². The first kappa shape index (κ1) is 12.4. The number of pyridine rings is 1. The standard InChI is InChI=1S/C11H17N3O2/c1-7-4-8(2)14-11(16-3)9(7)6-13-10(15)5-12/h4H,5-6,12H2,1-3H3,(H,13,15). The number of aromatic nitrogens is 1. The maximum Gasteiger partial charge on any atom is 0.234 e. The molecule has 0 saturated heterocycles. The van der Waals surface area contributed by atoms with E-state index in [1.165, 1.54) is 0 Å². The van der Waals surface area contributed by atoms with Gasteiger partial charge in [0.2, 0.25) is 11.8 Å². The molecule has 0 fully saturated rings. The van der Waals surface area contributed by atoms with Crippen molar-refractivity contribution in [1.29, 1.82) is 0 Å². The fourth-order valence-corrected chi connectivity index (χ4v) is 1.47. The molecule has 1 rings (SSSR count). The van der Waals surface area contributed by atoms with Gasteiger partial charge >= 0.3 is 0 Å². The highest BCUT2D eigenvalue weighted by Gasteiger charge is 2.10. The summed E-state index contributed by atoms with van der Waals surface area (Å²) in [5.41, 5.74) is 8.03. The quantitative estimate of drug-likeness (QED) is 0.768. The second-order valence-electron chi connectivity index (χ2n) is 3.55. The fourth-order valence-electron chi connectivity index (χ4n) is 1.47. The number of methoxy groups -OCH3 is 1. The van der Waals surface area contributed by atoms with Gasteiger partial charge in [0, 0.05) is 17.8 Å². The molecule has 0 aliphatic carbocycles. The molecule has 0 unspecified atom stereocenters. The van der Waals surface area contributed by atoms with Crippen molar-refractivity contribution in [2.24, 2.45) is 5.73 Å². The molecule has 3 N–H and O–H groups in total. The van der Waals surface area contributed by atoms with Crippen LogP contribution in [0.5, 0.6) is 5.88 Å². The van der Waals surface area contributed by atoms with E-state index in [1.807, 2.05) is 19.9 Å². The van der Waals surface area contributed by atoms with E-state index in [-0.39, 0.29) is 12.5 Å². The van der Waals surface area contributed by atoms with Crippen LogP contribution in [0.3, 0.4) is 0 Å². The van der Waals surface area contributed by atoms with Gasteiger partial charge in [-0.15, -0.1) is 0 Å². The normalized spacial score (nSPS) is 10.0. The van der Waals surface area contributed by atoms with Crippen molar-refractivity contribution in [2.75, 3.05) is 13.7 Å². The van der Waals surface area contributed by atoms with Gasteiger partial charge in [-0.25, -0.2) is 4.98 Å². The molecule has 5 heteroatoms. The Kier molecular flexibility index (Phi) is 4.25. The number of aryl methyl sites for hydroxylation is 2. The van der Waals surface area contributed by atoms with Crippen LogP contribution in [-0.2, 0) is 11.3 Å². The largest absolute Gasteiger partial charge is 0.481 e. The lowest BCUT2D eigenvalue weighted by Crippen LogP contribution is -2.30. The van der Waals surface area contributed by atoms with E-state index in [0.717, 1.165) is 16.8 Å². The Morgan fingerprint density at radius 2 is 2.25 bits per heavy atom. The zero-order valence-corrected chi connectivity index (χ0v) is 9.83. The molecule has 0 saturated carbocycles. The van der Waals surface area contributed by atoms with Crippen LogP contribution in [0.1, 0.15) is 16.8 Å². The topological polar surface area (TPSA) is 77.2 Å². The summed E-state index contributed by atoms with van der Waals surface area (Å²) in [4.78, 5) is 15.3. The van der Waals surface area contributed by atoms with Gasteiger partial charge in [0.15, 0.2) is 0 Å². The number of amides is 1. The van der Waals surface area contributed by atoms with E-state index in [1.54, 1.807) is 7.11 Å². The molecular formula is C11H17N3O2. The number of hydrogen-bond acceptors (Lipinski definition) is 4. The van der Waals surface area contributed by atoms with Crippen molar-refractivity contribution in [2.45, 2.75) is 20.4 Å². The third-order valence-corrected chi connectivity index (χ3v) is 2.28. The third kappa shape index (κ3) is 2.93. The highest BCUT2D eigenvalue weighted by molar-refractivity contribution is 5.77. The molecule has 5 nitrogen and oxygen atoms in total. The first-order valence-electron chi connectivity index (χ1n) is 5.06. The minimum Gasteiger partial charge on any atom is -0.481 e. The average molecular weight is 223 g/mol. The molecule has 1 aromatic heterocycles. The summed E-state index contributed by atoms with van der Waals surface area (Å²) in [7, 11) is 1.56. The first-order chi connectivity index (χ1) is 7.58. The monoisotopic (exact) mass is 223 g/mol. The van der Waals surface area contributed by atoms with Gasteiger partial charge in [0.05, 0.1) is 13.7 Å². The molecule has 0 aliphatic rings. The summed E-state index contributed by atoms with van der Waals surface area (Å²) >= 11 is 0. The summed E-state index contributed by atoms with van der Waals surface area (Å²) < 4.78 is 5.18. The van der Waals surface area contributed by atoms with Crippen LogP contribution in [0.15, 0.2) is 6.07 Å². The average Bonchev–Trinajstić information content (AvgIpc) is 2.26. The molecular weight excluding hydrogens is 206 g/mol. The van der Waals surface area contributed by atoms with Crippen molar-refractivity contribution in [1.82, 2.24) is 10.3 Å². The number of carbonyl (C=O) groups excluding carboxylic acids is 1. The number of nitrogens with zero attached hydrogens (tertiary/aromatic N) is 1. The van der Waals surface area contributed by atoms with Crippen molar-refractivity contribution in [3.05, 3.63) is 22.9 Å². The number of rotatable bonds is 4. The molecule has 0 spiro atoms. The first-order valence-corrected chi connectivity index (χ1v) is 5.06. The van der Waals surface area contributed by atoms with Crippen molar-refractivity contribution in [3.8, 4) is 5.88 Å². The molecule has 0 atom stereocenters. The molecule has 16 heavy (non-hydrogen) atoms. The van der Waals surface area contributed by atoms with Crippen molar-refractivity contribution < 1.29 is 9.53 Å². The predicted molar refractivity (Wildman–Crippen MR) is 61.2 cm³/mol. The van der Waals surface area contributed by atoms with Crippen LogP contribution in [0, 0.1) is 13.8 Å². The summed E-state index contributed by atoms with van der Waals surface area (Å²) in [5, 5.41) is 2.70. The lowest BCUT2D eigenvalue weighted by molar-refractivity contribution is -0.119. The SMILES string of the molecule is COc1nc(C)cc(C)c1CNC(=O)CN. The van der Waals surface area contributed by atoms with E-state index in [4.69, 9.17) is 10.5 Å². The van der Waals surface area contributed by atoms with E-state index in [0.29, 0.717) is 12.4 Å². The van der Waals surface area contributed by atoms with Crippen LogP contribution < -0.4 is 15.8 Å². The fraction of sp³-hybridized carbons (Fsp3) is 0.455. The molecule has 0 aliphatic heterocycles. The maximum atomic E-state index is 11.1. The Morgan fingerprint density at radius 1 is 1.56 bits per heavy atom. The Bertz CT molecular complexity index is 391. The Hall–Kier alpha value is -1.62. The zero-order chi connectivity index (χ0) is 12.1. The van der Waals surface area contributed by atoms with Gasteiger partial charge in [0.1, 0.15) is 0 Å². The molecule has 0 aromatic carbocycles. The molecule has 88 valence electrons. The number of nitrogens with two attached hydrogens (primary N) is 1. The van der Waals surface area contributed by atoms with Crippen molar-refractivity contribution in [3.63, 3.8) is 0 Å². The smallest absolute Gasteiger partial charge is 0.234 e. The zero-order valence-electron chi connectivity index (χ0n) is 9.83. The van der Waals surface area contributed by atoms with Crippen LogP contribution in [-0.4, -0.2) is 24.5 Å². The lowest BCUT2D eigenvalue weighted by Gasteiger charge is -2.12. The van der Waals surface area contributed by atoms with E-state index in [9.17, 15) is 4.79 Å². The lowest BCUT2D eigenvalue weighted by atomic mass is 10.1. The highest BCUT2D eigenvalue weighted by atomic mass is 16.5. The minimum atomic E-state index is -0.193. The molecule has 1 amide bonds.